The Kier molecular flexibility index (Phi) is 9.37. The molecule has 2 N–H and O–H groups in total. The molecule has 3 rings (SSSR count). The van der Waals surface area contributed by atoms with Crippen molar-refractivity contribution in [1.29, 1.82) is 0 Å². The Morgan fingerprint density at radius 2 is 1.82 bits per heavy atom. The van der Waals surface area contributed by atoms with Crippen LogP contribution in [-0.2, 0) is 13.1 Å². The van der Waals surface area contributed by atoms with Crippen LogP contribution in [0.3, 0.4) is 0 Å². The molecule has 0 aliphatic heterocycles. The van der Waals surface area contributed by atoms with Crippen molar-refractivity contribution in [2.75, 3.05) is 13.1 Å². The van der Waals surface area contributed by atoms with Gasteiger partial charge >= 0.3 is 6.36 Å². The predicted octanol–water partition coefficient (Wildman–Crippen LogP) is 5.74. The fourth-order valence-corrected chi connectivity index (χ4v) is 4.45. The monoisotopic (exact) mass is 528 g/mol. The molecular weight excluding hydrogens is 505 g/mol. The van der Waals surface area contributed by atoms with Crippen LogP contribution in [0.15, 0.2) is 58.9 Å². The van der Waals surface area contributed by atoms with Crippen molar-refractivity contribution >= 4 is 40.3 Å². The van der Waals surface area contributed by atoms with Gasteiger partial charge in [-0.1, -0.05) is 23.7 Å². The smallest absolute Gasteiger partial charge is 0.406 e. The van der Waals surface area contributed by atoms with E-state index in [4.69, 9.17) is 28.8 Å². The summed E-state index contributed by atoms with van der Waals surface area (Å²) in [6.45, 7) is 4.53. The minimum atomic E-state index is -4.72. The minimum absolute atomic E-state index is 0.258. The maximum absolute atomic E-state index is 12.5. The van der Waals surface area contributed by atoms with Gasteiger partial charge in [-0.3, -0.25) is 4.99 Å². The van der Waals surface area contributed by atoms with Crippen molar-refractivity contribution in [3.63, 3.8) is 0 Å². The van der Waals surface area contributed by atoms with E-state index in [1.165, 1.54) is 23.5 Å². The Morgan fingerprint density at radius 3 is 2.47 bits per heavy atom. The number of halogens is 4. The molecule has 0 radical (unpaired) electrons. The SMILES string of the molecule is CCNC(=S)NCCCn1c(-c2ccc(OC(F)(F)F)cc2)csc1=NCc1ccc(Cl)cc1. The summed E-state index contributed by atoms with van der Waals surface area (Å²) in [4.78, 5) is 5.58. The van der Waals surface area contributed by atoms with Crippen molar-refractivity contribution in [3.05, 3.63) is 69.3 Å². The first kappa shape index (κ1) is 26.1. The maximum atomic E-state index is 12.5. The van der Waals surface area contributed by atoms with E-state index in [2.05, 4.69) is 19.9 Å². The second-order valence-electron chi connectivity index (χ2n) is 7.21. The van der Waals surface area contributed by atoms with Gasteiger partial charge in [0.05, 0.1) is 12.2 Å². The van der Waals surface area contributed by atoms with Gasteiger partial charge in [0.1, 0.15) is 5.75 Å². The van der Waals surface area contributed by atoms with Crippen molar-refractivity contribution in [2.24, 2.45) is 4.99 Å². The summed E-state index contributed by atoms with van der Waals surface area (Å²) in [5.74, 6) is -0.258. The van der Waals surface area contributed by atoms with Crippen LogP contribution in [0.1, 0.15) is 18.9 Å². The molecule has 0 spiro atoms. The van der Waals surface area contributed by atoms with Gasteiger partial charge in [0.25, 0.3) is 0 Å². The molecule has 2 aromatic carbocycles. The van der Waals surface area contributed by atoms with Gasteiger partial charge in [0.2, 0.25) is 0 Å². The zero-order chi connectivity index (χ0) is 24.6. The number of nitrogens with zero attached hydrogens (tertiary/aromatic N) is 2. The number of hydrogen-bond acceptors (Lipinski definition) is 4. The highest BCUT2D eigenvalue weighted by atomic mass is 35.5. The number of ether oxygens (including phenoxy) is 1. The third-order valence-corrected chi connectivity index (χ3v) is 6.11. The topological polar surface area (TPSA) is 50.6 Å². The van der Waals surface area contributed by atoms with Gasteiger partial charge < -0.3 is 19.9 Å². The van der Waals surface area contributed by atoms with Gasteiger partial charge in [-0.15, -0.1) is 24.5 Å². The van der Waals surface area contributed by atoms with E-state index in [0.717, 1.165) is 34.6 Å². The van der Waals surface area contributed by atoms with Crippen LogP contribution in [-0.4, -0.2) is 29.1 Å². The average molecular weight is 529 g/mol. The molecule has 0 amide bonds. The molecule has 1 heterocycles. The Morgan fingerprint density at radius 1 is 1.12 bits per heavy atom. The zero-order valence-electron chi connectivity index (χ0n) is 18.4. The molecule has 1 aromatic heterocycles. The number of rotatable bonds is 9. The molecule has 182 valence electrons. The fourth-order valence-electron chi connectivity index (χ4n) is 3.14. The van der Waals surface area contributed by atoms with Gasteiger partial charge in [0, 0.05) is 30.0 Å². The molecule has 34 heavy (non-hydrogen) atoms. The molecule has 0 fully saturated rings. The summed E-state index contributed by atoms with van der Waals surface area (Å²) in [5, 5.41) is 9.43. The van der Waals surface area contributed by atoms with Crippen molar-refractivity contribution in [3.8, 4) is 17.0 Å². The van der Waals surface area contributed by atoms with Crippen LogP contribution in [0.4, 0.5) is 13.2 Å². The van der Waals surface area contributed by atoms with Gasteiger partial charge in [-0.25, -0.2) is 0 Å². The number of thiazole rings is 1. The van der Waals surface area contributed by atoms with Crippen molar-refractivity contribution in [1.82, 2.24) is 15.2 Å². The summed E-state index contributed by atoms with van der Waals surface area (Å²) in [7, 11) is 0. The fraction of sp³-hybridized carbons (Fsp3) is 0.304. The summed E-state index contributed by atoms with van der Waals surface area (Å²) in [6.07, 6.45) is -3.95. The van der Waals surface area contributed by atoms with E-state index < -0.39 is 6.36 Å². The number of alkyl halides is 3. The summed E-state index contributed by atoms with van der Waals surface area (Å²) < 4.78 is 43.5. The van der Waals surface area contributed by atoms with Crippen LogP contribution in [0.5, 0.6) is 5.75 Å². The lowest BCUT2D eigenvalue weighted by Gasteiger charge is -2.12. The van der Waals surface area contributed by atoms with E-state index in [9.17, 15) is 13.2 Å². The largest absolute Gasteiger partial charge is 0.573 e. The first-order valence-corrected chi connectivity index (χ1v) is 12.2. The molecule has 11 heteroatoms. The molecule has 0 aliphatic carbocycles. The third kappa shape index (κ3) is 8.03. The summed E-state index contributed by atoms with van der Waals surface area (Å²) >= 11 is 12.6. The molecule has 0 saturated heterocycles. The van der Waals surface area contributed by atoms with Crippen LogP contribution in [0.2, 0.25) is 5.02 Å². The number of thiocarbonyl (C=S) groups is 1. The second kappa shape index (κ2) is 12.2. The number of aromatic nitrogens is 1. The Labute approximate surface area is 210 Å². The van der Waals surface area contributed by atoms with Gasteiger partial charge in [-0.05, 0) is 73.1 Å². The molecule has 0 aliphatic rings. The minimum Gasteiger partial charge on any atom is -0.406 e. The van der Waals surface area contributed by atoms with Crippen molar-refractivity contribution < 1.29 is 17.9 Å². The lowest BCUT2D eigenvalue weighted by molar-refractivity contribution is -0.274. The quantitative estimate of drug-likeness (QED) is 0.274. The molecule has 0 unspecified atom stereocenters. The van der Waals surface area contributed by atoms with Crippen LogP contribution in [0.25, 0.3) is 11.3 Å². The Bertz CT molecular complexity index is 1140. The zero-order valence-corrected chi connectivity index (χ0v) is 20.8. The first-order valence-electron chi connectivity index (χ1n) is 10.6. The summed E-state index contributed by atoms with van der Waals surface area (Å²) in [5.41, 5.74) is 2.67. The summed E-state index contributed by atoms with van der Waals surface area (Å²) in [6, 6.07) is 13.3. The normalized spacial score (nSPS) is 12.0. The molecule has 0 atom stereocenters. The lowest BCUT2D eigenvalue weighted by atomic mass is 10.1. The lowest BCUT2D eigenvalue weighted by Crippen LogP contribution is -2.36. The number of benzene rings is 2. The van der Waals surface area contributed by atoms with E-state index >= 15 is 0 Å². The first-order chi connectivity index (χ1) is 16.2. The third-order valence-electron chi connectivity index (χ3n) is 4.67. The van der Waals surface area contributed by atoms with Crippen molar-refractivity contribution in [2.45, 2.75) is 32.8 Å². The van der Waals surface area contributed by atoms with Gasteiger partial charge in [-0.2, -0.15) is 0 Å². The molecular formula is C23H24ClF3N4OS2. The maximum Gasteiger partial charge on any atom is 0.573 e. The Balaban J connectivity index is 1.82. The highest BCUT2D eigenvalue weighted by molar-refractivity contribution is 7.80. The highest BCUT2D eigenvalue weighted by Crippen LogP contribution is 2.27. The molecule has 5 nitrogen and oxygen atoms in total. The second-order valence-corrected chi connectivity index (χ2v) is 8.89. The Hall–Kier alpha value is -2.56. The van der Waals surface area contributed by atoms with Crippen LogP contribution in [0, 0.1) is 0 Å². The van der Waals surface area contributed by atoms with Crippen LogP contribution >= 0.6 is 35.2 Å². The average Bonchev–Trinajstić information content (AvgIpc) is 3.18. The molecule has 0 saturated carbocycles. The van der Waals surface area contributed by atoms with E-state index in [-0.39, 0.29) is 5.75 Å². The number of hydrogen-bond donors (Lipinski definition) is 2. The molecule has 0 bridgehead atoms. The predicted molar refractivity (Wildman–Crippen MR) is 134 cm³/mol. The van der Waals surface area contributed by atoms with Crippen LogP contribution < -0.4 is 20.2 Å². The van der Waals surface area contributed by atoms with E-state index in [1.54, 1.807) is 12.1 Å². The number of nitrogens with one attached hydrogen (secondary N) is 2. The van der Waals surface area contributed by atoms with Gasteiger partial charge in [0.15, 0.2) is 9.91 Å². The molecule has 3 aromatic rings. The van der Waals surface area contributed by atoms with E-state index in [0.29, 0.717) is 29.8 Å². The van der Waals surface area contributed by atoms with E-state index in [1.807, 2.05) is 36.6 Å². The standard InChI is InChI=1S/C23H24ClF3N4OS2/c1-2-28-21(33)29-12-3-13-31-20(17-6-10-19(11-7-17)32-23(25,26)27)15-34-22(31)30-14-16-4-8-18(24)9-5-16/h4-11,15H,2-3,12-14H2,1H3,(H2,28,29,33). The highest BCUT2D eigenvalue weighted by Gasteiger charge is 2.31.